The minimum Gasteiger partial charge on any atom is -0.337 e. The Kier molecular flexibility index (Phi) is 3.07. The first-order valence-corrected chi connectivity index (χ1v) is 5.67. The molecule has 0 radical (unpaired) electrons. The van der Waals surface area contributed by atoms with E-state index in [1.54, 1.807) is 6.92 Å². The Morgan fingerprint density at radius 1 is 1.39 bits per heavy atom. The largest absolute Gasteiger partial charge is 0.337 e. The third kappa shape index (κ3) is 1.95. The molecule has 2 amide bonds. The summed E-state index contributed by atoms with van der Waals surface area (Å²) in [7, 11) is 0. The first-order valence-electron chi connectivity index (χ1n) is 5.67. The highest BCUT2D eigenvalue weighted by Gasteiger charge is 2.43. The number of hydrogen-bond acceptors (Lipinski definition) is 2. The lowest BCUT2D eigenvalue weighted by Gasteiger charge is -2.39. The number of piperazine rings is 1. The van der Waals surface area contributed by atoms with Crippen LogP contribution in [0, 0.1) is 12.3 Å². The van der Waals surface area contributed by atoms with Gasteiger partial charge in [0.1, 0.15) is 12.1 Å². The summed E-state index contributed by atoms with van der Waals surface area (Å²) in [5.41, 5.74) is -0.280. The highest BCUT2D eigenvalue weighted by Crippen LogP contribution is 2.25. The van der Waals surface area contributed by atoms with Crippen molar-refractivity contribution in [1.29, 1.82) is 0 Å². The van der Waals surface area contributed by atoms with Gasteiger partial charge in [0.15, 0.2) is 0 Å². The average molecular weight is 242 g/mol. The van der Waals surface area contributed by atoms with Crippen molar-refractivity contribution >= 4 is 11.8 Å². The molecule has 1 aliphatic heterocycles. The van der Waals surface area contributed by atoms with Gasteiger partial charge in [-0.1, -0.05) is 36.3 Å². The maximum atomic E-state index is 12.4. The quantitative estimate of drug-likeness (QED) is 0.767. The standard InChI is InChI=1S/C14H14N2O2/c1-3-9-16-10-12(17)15-14(2,13(16)18)11-7-5-4-6-8-11/h1,4-8H,9-10H2,2H3,(H,15,17). The van der Waals surface area contributed by atoms with Crippen molar-refractivity contribution in [2.45, 2.75) is 12.5 Å². The lowest BCUT2D eigenvalue weighted by atomic mass is 9.88. The fourth-order valence-corrected chi connectivity index (χ4v) is 2.14. The number of carbonyl (C=O) groups excluding carboxylic acids is 2. The van der Waals surface area contributed by atoms with Crippen molar-refractivity contribution in [3.05, 3.63) is 35.9 Å². The summed E-state index contributed by atoms with van der Waals surface area (Å²) in [6.45, 7) is 1.87. The predicted octanol–water partition coefficient (Wildman–Crippen LogP) is 0.493. The molecule has 0 aromatic heterocycles. The summed E-state index contributed by atoms with van der Waals surface area (Å²) in [5, 5.41) is 2.75. The Morgan fingerprint density at radius 2 is 2.06 bits per heavy atom. The van der Waals surface area contributed by atoms with Crippen LogP contribution in [0.2, 0.25) is 0 Å². The van der Waals surface area contributed by atoms with E-state index in [1.807, 2.05) is 30.3 Å². The number of rotatable bonds is 2. The molecule has 1 fully saturated rings. The van der Waals surface area contributed by atoms with Crippen LogP contribution >= 0.6 is 0 Å². The van der Waals surface area contributed by atoms with E-state index in [4.69, 9.17) is 6.42 Å². The SMILES string of the molecule is C#CCN1CC(=O)NC(C)(c2ccccc2)C1=O. The first-order chi connectivity index (χ1) is 8.58. The molecule has 1 aromatic rings. The number of nitrogens with zero attached hydrogens (tertiary/aromatic N) is 1. The van der Waals surface area contributed by atoms with Crippen molar-refractivity contribution in [1.82, 2.24) is 10.2 Å². The van der Waals surface area contributed by atoms with Crippen LogP contribution in [0.4, 0.5) is 0 Å². The van der Waals surface area contributed by atoms with E-state index in [0.29, 0.717) is 0 Å². The molecule has 1 unspecified atom stereocenters. The Bertz CT molecular complexity index is 518. The van der Waals surface area contributed by atoms with E-state index in [2.05, 4.69) is 11.2 Å². The molecule has 4 nitrogen and oxygen atoms in total. The molecule has 1 saturated heterocycles. The molecule has 1 aromatic carbocycles. The zero-order chi connectivity index (χ0) is 13.2. The van der Waals surface area contributed by atoms with Crippen molar-refractivity contribution in [3.8, 4) is 12.3 Å². The van der Waals surface area contributed by atoms with E-state index in [-0.39, 0.29) is 24.9 Å². The van der Waals surface area contributed by atoms with Crippen molar-refractivity contribution in [3.63, 3.8) is 0 Å². The minimum atomic E-state index is -1.03. The van der Waals surface area contributed by atoms with E-state index in [0.717, 1.165) is 5.56 Å². The zero-order valence-electron chi connectivity index (χ0n) is 10.1. The summed E-state index contributed by atoms with van der Waals surface area (Å²) >= 11 is 0. The number of nitrogens with one attached hydrogen (secondary N) is 1. The van der Waals surface area contributed by atoms with Gasteiger partial charge in [0, 0.05) is 0 Å². The Hall–Kier alpha value is -2.28. The topological polar surface area (TPSA) is 49.4 Å². The van der Waals surface area contributed by atoms with E-state index < -0.39 is 5.54 Å². The normalized spacial score (nSPS) is 23.4. The van der Waals surface area contributed by atoms with Crippen LogP contribution in [-0.2, 0) is 15.1 Å². The minimum absolute atomic E-state index is 0.0193. The van der Waals surface area contributed by atoms with Gasteiger partial charge in [-0.05, 0) is 12.5 Å². The van der Waals surface area contributed by atoms with Crippen molar-refractivity contribution in [2.75, 3.05) is 13.1 Å². The fourth-order valence-electron chi connectivity index (χ4n) is 2.14. The smallest absolute Gasteiger partial charge is 0.253 e. The van der Waals surface area contributed by atoms with Gasteiger partial charge in [0.25, 0.3) is 5.91 Å². The molecule has 1 N–H and O–H groups in total. The molecule has 1 atom stereocenters. The van der Waals surface area contributed by atoms with Gasteiger partial charge in [-0.15, -0.1) is 6.42 Å². The molecule has 0 spiro atoms. The first kappa shape index (κ1) is 12.2. The molecule has 4 heteroatoms. The van der Waals surface area contributed by atoms with Gasteiger partial charge in [0.2, 0.25) is 5.91 Å². The Morgan fingerprint density at radius 3 is 2.67 bits per heavy atom. The second-order valence-corrected chi connectivity index (χ2v) is 4.40. The molecule has 18 heavy (non-hydrogen) atoms. The third-order valence-electron chi connectivity index (χ3n) is 3.07. The van der Waals surface area contributed by atoms with Gasteiger partial charge < -0.3 is 10.2 Å². The highest BCUT2D eigenvalue weighted by atomic mass is 16.2. The second kappa shape index (κ2) is 4.53. The third-order valence-corrected chi connectivity index (χ3v) is 3.07. The van der Waals surface area contributed by atoms with Crippen molar-refractivity contribution < 1.29 is 9.59 Å². The summed E-state index contributed by atoms with van der Waals surface area (Å²) in [5.74, 6) is 2.03. The summed E-state index contributed by atoms with van der Waals surface area (Å²) in [6.07, 6.45) is 5.22. The lowest BCUT2D eigenvalue weighted by molar-refractivity contribution is -0.148. The molecule has 2 rings (SSSR count). The number of hydrogen-bond donors (Lipinski definition) is 1. The van der Waals surface area contributed by atoms with E-state index in [9.17, 15) is 9.59 Å². The Labute approximate surface area is 106 Å². The van der Waals surface area contributed by atoms with Crippen LogP contribution in [0.25, 0.3) is 0 Å². The number of benzene rings is 1. The summed E-state index contributed by atoms with van der Waals surface area (Å²) < 4.78 is 0. The fraction of sp³-hybridized carbons (Fsp3) is 0.286. The van der Waals surface area contributed by atoms with Gasteiger partial charge >= 0.3 is 0 Å². The zero-order valence-corrected chi connectivity index (χ0v) is 10.1. The summed E-state index contributed by atoms with van der Waals surface area (Å²) in [6, 6.07) is 9.16. The Balaban J connectivity index is 2.39. The molecule has 1 aliphatic rings. The van der Waals surface area contributed by atoms with Crippen LogP contribution in [0.5, 0.6) is 0 Å². The van der Waals surface area contributed by atoms with Gasteiger partial charge in [-0.3, -0.25) is 9.59 Å². The van der Waals surface area contributed by atoms with Crippen LogP contribution in [0.1, 0.15) is 12.5 Å². The van der Waals surface area contributed by atoms with Crippen LogP contribution in [-0.4, -0.2) is 29.8 Å². The molecular formula is C14H14N2O2. The summed E-state index contributed by atoms with van der Waals surface area (Å²) in [4.78, 5) is 25.5. The maximum absolute atomic E-state index is 12.4. The monoisotopic (exact) mass is 242 g/mol. The van der Waals surface area contributed by atoms with Gasteiger partial charge in [-0.25, -0.2) is 0 Å². The van der Waals surface area contributed by atoms with Gasteiger partial charge in [-0.2, -0.15) is 0 Å². The van der Waals surface area contributed by atoms with Crippen molar-refractivity contribution in [2.24, 2.45) is 0 Å². The predicted molar refractivity (Wildman–Crippen MR) is 67.3 cm³/mol. The number of terminal acetylenes is 1. The van der Waals surface area contributed by atoms with E-state index in [1.165, 1.54) is 4.90 Å². The molecule has 92 valence electrons. The average Bonchev–Trinajstić information content (AvgIpc) is 2.37. The molecule has 0 bridgehead atoms. The highest BCUT2D eigenvalue weighted by molar-refractivity contribution is 5.98. The maximum Gasteiger partial charge on any atom is 0.253 e. The molecule has 1 heterocycles. The molecule has 0 saturated carbocycles. The van der Waals surface area contributed by atoms with Crippen LogP contribution in [0.3, 0.4) is 0 Å². The van der Waals surface area contributed by atoms with E-state index >= 15 is 0 Å². The van der Waals surface area contributed by atoms with Gasteiger partial charge in [0.05, 0.1) is 6.54 Å². The number of amides is 2. The second-order valence-electron chi connectivity index (χ2n) is 4.40. The lowest BCUT2D eigenvalue weighted by Crippen LogP contribution is -2.63. The molecular weight excluding hydrogens is 228 g/mol. The van der Waals surface area contributed by atoms with Crippen LogP contribution in [0.15, 0.2) is 30.3 Å². The number of carbonyl (C=O) groups is 2. The molecule has 0 aliphatic carbocycles. The van der Waals surface area contributed by atoms with Crippen LogP contribution < -0.4 is 5.32 Å².